The van der Waals surface area contributed by atoms with Crippen LogP contribution in [0.5, 0.6) is 0 Å². The molecule has 1 aromatic heterocycles. The van der Waals surface area contributed by atoms with Gasteiger partial charge in [0.25, 0.3) is 0 Å². The highest BCUT2D eigenvalue weighted by molar-refractivity contribution is 5.88. The summed E-state index contributed by atoms with van der Waals surface area (Å²) >= 11 is 0. The van der Waals surface area contributed by atoms with E-state index < -0.39 is 5.41 Å². The van der Waals surface area contributed by atoms with Gasteiger partial charge >= 0.3 is 0 Å². The van der Waals surface area contributed by atoms with E-state index >= 15 is 0 Å². The summed E-state index contributed by atoms with van der Waals surface area (Å²) in [7, 11) is 1.82. The highest BCUT2D eigenvalue weighted by atomic mass is 16.2. The lowest BCUT2D eigenvalue weighted by Gasteiger charge is -2.07. The molecule has 1 heterocycles. The lowest BCUT2D eigenvalue weighted by atomic mass is 10.1. The first-order valence-corrected chi connectivity index (χ1v) is 4.84. The number of nitriles is 1. The number of aryl methyl sites for hydroxylation is 1. The maximum Gasteiger partial charge on any atom is 0.240 e. The van der Waals surface area contributed by atoms with Crippen molar-refractivity contribution < 1.29 is 4.79 Å². The SMILES string of the molecule is Cn1nccc1CNC(=O)C1(C#N)CC1. The predicted molar refractivity (Wildman–Crippen MR) is 52.3 cm³/mol. The van der Waals surface area contributed by atoms with Crippen LogP contribution in [0.3, 0.4) is 0 Å². The Kier molecular flexibility index (Phi) is 2.19. The predicted octanol–water partition coefficient (Wildman–Crippen LogP) is 0.340. The van der Waals surface area contributed by atoms with Crippen LogP contribution in [0.1, 0.15) is 18.5 Å². The fourth-order valence-corrected chi connectivity index (χ4v) is 1.43. The first-order chi connectivity index (χ1) is 7.18. The monoisotopic (exact) mass is 204 g/mol. The lowest BCUT2D eigenvalue weighted by Crippen LogP contribution is -2.31. The molecule has 0 aliphatic heterocycles. The zero-order chi connectivity index (χ0) is 10.9. The Morgan fingerprint density at radius 3 is 3.00 bits per heavy atom. The number of rotatable bonds is 3. The summed E-state index contributed by atoms with van der Waals surface area (Å²) in [6, 6.07) is 3.90. The van der Waals surface area contributed by atoms with Gasteiger partial charge in [0.15, 0.2) is 0 Å². The molecule has 1 amide bonds. The van der Waals surface area contributed by atoms with Gasteiger partial charge in [-0.1, -0.05) is 0 Å². The summed E-state index contributed by atoms with van der Waals surface area (Å²) in [6.45, 7) is 0.429. The average molecular weight is 204 g/mol. The van der Waals surface area contributed by atoms with Gasteiger partial charge in [0.2, 0.25) is 5.91 Å². The highest BCUT2D eigenvalue weighted by Crippen LogP contribution is 2.44. The summed E-state index contributed by atoms with van der Waals surface area (Å²) in [4.78, 5) is 11.6. The molecular weight excluding hydrogens is 192 g/mol. The number of hydrogen-bond donors (Lipinski definition) is 1. The Labute approximate surface area is 87.7 Å². The summed E-state index contributed by atoms with van der Waals surface area (Å²) in [5, 5.41) is 15.6. The first-order valence-electron chi connectivity index (χ1n) is 4.84. The fraction of sp³-hybridized carbons (Fsp3) is 0.500. The minimum absolute atomic E-state index is 0.161. The van der Waals surface area contributed by atoms with Gasteiger partial charge in [-0.05, 0) is 18.9 Å². The van der Waals surface area contributed by atoms with Crippen molar-refractivity contribution in [2.24, 2.45) is 12.5 Å². The smallest absolute Gasteiger partial charge is 0.240 e. The van der Waals surface area contributed by atoms with Crippen molar-refractivity contribution in [2.75, 3.05) is 0 Å². The van der Waals surface area contributed by atoms with E-state index in [1.54, 1.807) is 10.9 Å². The fourth-order valence-electron chi connectivity index (χ4n) is 1.43. The number of carbonyl (C=O) groups excluding carboxylic acids is 1. The minimum Gasteiger partial charge on any atom is -0.349 e. The third-order valence-corrected chi connectivity index (χ3v) is 2.75. The largest absolute Gasteiger partial charge is 0.349 e. The highest BCUT2D eigenvalue weighted by Gasteiger charge is 2.50. The number of carbonyl (C=O) groups is 1. The van der Waals surface area contributed by atoms with Crippen molar-refractivity contribution >= 4 is 5.91 Å². The average Bonchev–Trinajstić information content (AvgIpc) is 2.94. The van der Waals surface area contributed by atoms with Gasteiger partial charge in [-0.15, -0.1) is 0 Å². The molecule has 0 unspecified atom stereocenters. The van der Waals surface area contributed by atoms with Gasteiger partial charge < -0.3 is 5.32 Å². The summed E-state index contributed by atoms with van der Waals surface area (Å²) < 4.78 is 1.70. The van der Waals surface area contributed by atoms with Gasteiger partial charge in [0, 0.05) is 13.2 Å². The van der Waals surface area contributed by atoms with E-state index in [0.29, 0.717) is 19.4 Å². The van der Waals surface area contributed by atoms with Crippen molar-refractivity contribution in [1.29, 1.82) is 5.26 Å². The third kappa shape index (κ3) is 1.71. The van der Waals surface area contributed by atoms with Crippen LogP contribution in [0.25, 0.3) is 0 Å². The van der Waals surface area contributed by atoms with E-state index in [4.69, 9.17) is 5.26 Å². The topological polar surface area (TPSA) is 70.7 Å². The van der Waals surface area contributed by atoms with Crippen LogP contribution in [0.4, 0.5) is 0 Å². The van der Waals surface area contributed by atoms with E-state index in [9.17, 15) is 4.79 Å². The lowest BCUT2D eigenvalue weighted by molar-refractivity contribution is -0.124. The molecule has 1 fully saturated rings. The summed E-state index contributed by atoms with van der Waals surface area (Å²) in [6.07, 6.45) is 3.04. The Morgan fingerprint density at radius 1 is 1.80 bits per heavy atom. The van der Waals surface area contributed by atoms with Crippen molar-refractivity contribution in [2.45, 2.75) is 19.4 Å². The van der Waals surface area contributed by atoms with Gasteiger partial charge in [-0.2, -0.15) is 10.4 Å². The molecule has 0 aromatic carbocycles. The molecule has 0 saturated heterocycles. The molecule has 0 spiro atoms. The molecule has 5 nitrogen and oxygen atoms in total. The second kappa shape index (κ2) is 3.39. The number of hydrogen-bond acceptors (Lipinski definition) is 3. The molecule has 1 N–H and O–H groups in total. The molecule has 1 aliphatic rings. The molecule has 0 bridgehead atoms. The van der Waals surface area contributed by atoms with Gasteiger partial charge in [0.05, 0.1) is 18.3 Å². The van der Waals surface area contributed by atoms with E-state index in [0.717, 1.165) is 5.69 Å². The van der Waals surface area contributed by atoms with Crippen molar-refractivity contribution in [3.05, 3.63) is 18.0 Å². The quantitative estimate of drug-likeness (QED) is 0.771. The van der Waals surface area contributed by atoms with Crippen LogP contribution in [-0.2, 0) is 18.4 Å². The maximum atomic E-state index is 11.6. The minimum atomic E-state index is -0.738. The number of nitrogens with one attached hydrogen (secondary N) is 1. The van der Waals surface area contributed by atoms with Gasteiger partial charge in [-0.3, -0.25) is 9.48 Å². The Morgan fingerprint density at radius 2 is 2.53 bits per heavy atom. The van der Waals surface area contributed by atoms with Crippen molar-refractivity contribution in [1.82, 2.24) is 15.1 Å². The normalized spacial score (nSPS) is 16.8. The first kappa shape index (κ1) is 9.71. The molecule has 15 heavy (non-hydrogen) atoms. The Hall–Kier alpha value is -1.83. The van der Waals surface area contributed by atoms with Crippen LogP contribution < -0.4 is 5.32 Å². The van der Waals surface area contributed by atoms with E-state index in [1.165, 1.54) is 0 Å². The second-order valence-electron chi connectivity index (χ2n) is 3.82. The van der Waals surface area contributed by atoms with Crippen LogP contribution in [-0.4, -0.2) is 15.7 Å². The Bertz CT molecular complexity index is 425. The van der Waals surface area contributed by atoms with Crippen molar-refractivity contribution in [3.8, 4) is 6.07 Å². The van der Waals surface area contributed by atoms with Gasteiger partial charge in [-0.25, -0.2) is 0 Å². The Balaban J connectivity index is 1.93. The van der Waals surface area contributed by atoms with Crippen LogP contribution in [0, 0.1) is 16.7 Å². The molecular formula is C10H12N4O. The molecule has 1 saturated carbocycles. The third-order valence-electron chi connectivity index (χ3n) is 2.75. The molecule has 0 atom stereocenters. The number of amides is 1. The zero-order valence-corrected chi connectivity index (χ0v) is 8.53. The van der Waals surface area contributed by atoms with Crippen LogP contribution >= 0.6 is 0 Å². The molecule has 2 rings (SSSR count). The molecule has 1 aromatic rings. The van der Waals surface area contributed by atoms with E-state index in [2.05, 4.69) is 16.5 Å². The number of nitrogens with zero attached hydrogens (tertiary/aromatic N) is 3. The number of aromatic nitrogens is 2. The molecule has 78 valence electrons. The van der Waals surface area contributed by atoms with Crippen molar-refractivity contribution in [3.63, 3.8) is 0 Å². The summed E-state index contributed by atoms with van der Waals surface area (Å²) in [5.74, 6) is -0.161. The molecule has 5 heteroatoms. The molecule has 1 aliphatic carbocycles. The van der Waals surface area contributed by atoms with Crippen LogP contribution in [0.15, 0.2) is 12.3 Å². The zero-order valence-electron chi connectivity index (χ0n) is 8.53. The maximum absolute atomic E-state index is 11.6. The van der Waals surface area contributed by atoms with Gasteiger partial charge in [0.1, 0.15) is 5.41 Å². The molecule has 0 radical (unpaired) electrons. The summed E-state index contributed by atoms with van der Waals surface area (Å²) in [5.41, 5.74) is 0.190. The van der Waals surface area contributed by atoms with Crippen LogP contribution in [0.2, 0.25) is 0 Å². The standard InChI is InChI=1S/C10H12N4O/c1-14-8(2-5-13-14)6-12-9(15)10(7-11)3-4-10/h2,5H,3-4,6H2,1H3,(H,12,15). The van der Waals surface area contributed by atoms with E-state index in [1.807, 2.05) is 13.1 Å². The van der Waals surface area contributed by atoms with E-state index in [-0.39, 0.29) is 5.91 Å². The second-order valence-corrected chi connectivity index (χ2v) is 3.82.